The maximum Gasteiger partial charge on any atom is 0.241 e. The van der Waals surface area contributed by atoms with Gasteiger partial charge < -0.3 is 0 Å². The normalized spacial score (nSPS) is 18.6. The summed E-state index contributed by atoms with van der Waals surface area (Å²) >= 11 is 31.6. The highest BCUT2D eigenvalue weighted by atomic mass is 79.9. The summed E-state index contributed by atoms with van der Waals surface area (Å²) in [5.74, 6) is 0. The Morgan fingerprint density at radius 1 is 1.31 bits per heavy atom. The van der Waals surface area contributed by atoms with Gasteiger partial charge in [0.25, 0.3) is 0 Å². The standard InChI is InChI=1S/C4H3BrCl5N3/c5-2-12-11-1-13(2)4(9,10)3(6,7)8/h11H,1H2. The van der Waals surface area contributed by atoms with Crippen LogP contribution in [0.5, 0.6) is 0 Å². The quantitative estimate of drug-likeness (QED) is 0.582. The van der Waals surface area contributed by atoms with E-state index in [0.717, 1.165) is 0 Å². The molecule has 0 amide bonds. The molecule has 0 aromatic heterocycles. The van der Waals surface area contributed by atoms with E-state index >= 15 is 0 Å². The fourth-order valence-electron chi connectivity index (χ4n) is 0.665. The SMILES string of the molecule is ClC(Cl)(Cl)C(Cl)(Cl)N1CNN=C1Br. The van der Waals surface area contributed by atoms with Crippen LogP contribution in [-0.2, 0) is 0 Å². The van der Waals surface area contributed by atoms with Crippen molar-refractivity contribution in [3.63, 3.8) is 0 Å². The molecular formula is C4H3BrCl5N3. The molecule has 0 fully saturated rings. The van der Waals surface area contributed by atoms with Gasteiger partial charge in [-0.15, -0.1) is 0 Å². The van der Waals surface area contributed by atoms with Gasteiger partial charge in [0.2, 0.25) is 8.25 Å². The molecule has 0 aliphatic carbocycles. The Labute approximate surface area is 108 Å². The molecule has 1 aliphatic heterocycles. The molecule has 0 saturated carbocycles. The summed E-state index contributed by atoms with van der Waals surface area (Å²) in [6, 6.07) is 0. The van der Waals surface area contributed by atoms with Gasteiger partial charge >= 0.3 is 0 Å². The Kier molecular flexibility index (Phi) is 3.76. The van der Waals surface area contributed by atoms with Crippen LogP contribution in [0, 0.1) is 0 Å². The molecule has 0 unspecified atom stereocenters. The van der Waals surface area contributed by atoms with Crippen molar-refractivity contribution < 1.29 is 0 Å². The summed E-state index contributed by atoms with van der Waals surface area (Å²) in [7, 11) is 0. The third-order valence-electron chi connectivity index (χ3n) is 1.30. The van der Waals surface area contributed by atoms with Crippen molar-refractivity contribution >= 4 is 78.7 Å². The highest BCUT2D eigenvalue weighted by Crippen LogP contribution is 2.48. The molecule has 1 heterocycles. The molecule has 0 aromatic rings. The first-order valence-electron chi connectivity index (χ1n) is 2.95. The minimum absolute atomic E-state index is 0.265. The van der Waals surface area contributed by atoms with E-state index in [1.54, 1.807) is 0 Å². The second kappa shape index (κ2) is 3.99. The molecule has 76 valence electrons. The average Bonchev–Trinajstić information content (AvgIpc) is 2.32. The third-order valence-corrected chi connectivity index (χ3v) is 4.28. The first kappa shape index (κ1) is 12.3. The van der Waals surface area contributed by atoms with Gasteiger partial charge in [0.1, 0.15) is 6.67 Å². The molecule has 0 atom stereocenters. The number of nitrogens with zero attached hydrogens (tertiary/aromatic N) is 2. The van der Waals surface area contributed by atoms with Crippen molar-refractivity contribution in [1.82, 2.24) is 10.3 Å². The van der Waals surface area contributed by atoms with Gasteiger partial charge in [-0.05, 0) is 15.9 Å². The highest BCUT2D eigenvalue weighted by Gasteiger charge is 2.52. The Hall–Kier alpha value is 1.20. The van der Waals surface area contributed by atoms with Gasteiger partial charge in [-0.1, -0.05) is 58.0 Å². The van der Waals surface area contributed by atoms with Gasteiger partial charge in [0.15, 0.2) is 4.74 Å². The predicted molar refractivity (Wildman–Crippen MR) is 60.9 cm³/mol. The summed E-state index contributed by atoms with van der Waals surface area (Å²) in [5, 5.41) is 3.76. The topological polar surface area (TPSA) is 27.6 Å². The second-order valence-corrected chi connectivity index (χ2v) is 6.44. The van der Waals surface area contributed by atoms with Crippen LogP contribution in [0.25, 0.3) is 0 Å². The lowest BCUT2D eigenvalue weighted by molar-refractivity contribution is 0.367. The Balaban J connectivity index is 2.87. The molecule has 3 nitrogen and oxygen atoms in total. The highest BCUT2D eigenvalue weighted by molar-refractivity contribution is 9.18. The van der Waals surface area contributed by atoms with Crippen LogP contribution < -0.4 is 5.43 Å². The number of halogens is 6. The lowest BCUT2D eigenvalue weighted by Crippen LogP contribution is -2.50. The zero-order valence-electron chi connectivity index (χ0n) is 5.87. The van der Waals surface area contributed by atoms with Crippen molar-refractivity contribution in [2.24, 2.45) is 5.10 Å². The molecule has 0 radical (unpaired) electrons. The maximum atomic E-state index is 5.86. The minimum Gasteiger partial charge on any atom is -0.295 e. The van der Waals surface area contributed by atoms with E-state index in [2.05, 4.69) is 26.5 Å². The number of alkyl halides is 5. The van der Waals surface area contributed by atoms with Crippen LogP contribution in [0.1, 0.15) is 0 Å². The van der Waals surface area contributed by atoms with Crippen LogP contribution in [0.4, 0.5) is 0 Å². The van der Waals surface area contributed by atoms with Crippen molar-refractivity contribution in [2.75, 3.05) is 6.67 Å². The Morgan fingerprint density at radius 3 is 2.15 bits per heavy atom. The van der Waals surface area contributed by atoms with E-state index in [0.29, 0.717) is 4.74 Å². The lowest BCUT2D eigenvalue weighted by Gasteiger charge is -2.35. The van der Waals surface area contributed by atoms with E-state index in [-0.39, 0.29) is 6.67 Å². The fourth-order valence-corrected chi connectivity index (χ4v) is 1.97. The molecule has 1 aliphatic rings. The summed E-state index contributed by atoms with van der Waals surface area (Å²) in [6.45, 7) is 0.265. The Bertz CT molecular complexity index is 236. The summed E-state index contributed by atoms with van der Waals surface area (Å²) in [5.41, 5.74) is 2.62. The lowest BCUT2D eigenvalue weighted by atomic mass is 10.6. The third kappa shape index (κ3) is 2.41. The van der Waals surface area contributed by atoms with Crippen LogP contribution in [0.3, 0.4) is 0 Å². The molecule has 1 N–H and O–H groups in total. The first-order valence-corrected chi connectivity index (χ1v) is 5.63. The number of nitrogens with one attached hydrogen (secondary N) is 1. The van der Waals surface area contributed by atoms with Crippen LogP contribution in [-0.4, -0.2) is 24.6 Å². The first-order chi connectivity index (χ1) is 5.77. The molecule has 1 rings (SSSR count). The van der Waals surface area contributed by atoms with Gasteiger partial charge in [-0.25, -0.2) is 0 Å². The van der Waals surface area contributed by atoms with Crippen LogP contribution in [0.2, 0.25) is 0 Å². The molecular weight excluding hydrogens is 347 g/mol. The predicted octanol–water partition coefficient (Wildman–Crippen LogP) is 3.02. The van der Waals surface area contributed by atoms with Crippen molar-refractivity contribution in [2.45, 2.75) is 8.25 Å². The summed E-state index contributed by atoms with van der Waals surface area (Å²) < 4.78 is -3.14. The van der Waals surface area contributed by atoms with E-state index in [1.807, 2.05) is 0 Å². The van der Waals surface area contributed by atoms with Crippen molar-refractivity contribution in [1.29, 1.82) is 0 Å². The minimum atomic E-state index is -1.84. The molecule has 0 bridgehead atoms. The van der Waals surface area contributed by atoms with Gasteiger partial charge in [-0.3, -0.25) is 10.3 Å². The largest absolute Gasteiger partial charge is 0.295 e. The molecule has 0 saturated heterocycles. The number of rotatable bonds is 1. The zero-order chi connectivity index (χ0) is 10.3. The van der Waals surface area contributed by atoms with Gasteiger partial charge in [-0.2, -0.15) is 5.10 Å². The van der Waals surface area contributed by atoms with Gasteiger partial charge in [0.05, 0.1) is 0 Å². The Morgan fingerprint density at radius 2 is 1.85 bits per heavy atom. The van der Waals surface area contributed by atoms with E-state index < -0.39 is 8.25 Å². The second-order valence-electron chi connectivity index (χ2n) is 2.16. The van der Waals surface area contributed by atoms with E-state index in [4.69, 9.17) is 58.0 Å². The fraction of sp³-hybridized carbons (Fsp3) is 0.750. The van der Waals surface area contributed by atoms with Crippen LogP contribution >= 0.6 is 73.9 Å². The number of amidine groups is 1. The van der Waals surface area contributed by atoms with Gasteiger partial charge in [0, 0.05) is 0 Å². The number of hydrogen-bond donors (Lipinski definition) is 1. The molecule has 9 heteroatoms. The zero-order valence-corrected chi connectivity index (χ0v) is 11.2. The molecule has 13 heavy (non-hydrogen) atoms. The number of hydrogen-bond acceptors (Lipinski definition) is 3. The van der Waals surface area contributed by atoms with Crippen molar-refractivity contribution in [3.8, 4) is 0 Å². The number of hydrazone groups is 1. The van der Waals surface area contributed by atoms with Crippen molar-refractivity contribution in [3.05, 3.63) is 0 Å². The smallest absolute Gasteiger partial charge is 0.241 e. The monoisotopic (exact) mass is 347 g/mol. The molecule has 0 spiro atoms. The van der Waals surface area contributed by atoms with Crippen LogP contribution in [0.15, 0.2) is 5.10 Å². The van der Waals surface area contributed by atoms with E-state index in [9.17, 15) is 0 Å². The maximum absolute atomic E-state index is 5.86. The summed E-state index contributed by atoms with van der Waals surface area (Å²) in [6.07, 6.45) is 0. The summed E-state index contributed by atoms with van der Waals surface area (Å²) in [4.78, 5) is 1.36. The average molecular weight is 350 g/mol. The molecule has 0 aromatic carbocycles. The van der Waals surface area contributed by atoms with E-state index in [1.165, 1.54) is 4.90 Å².